The highest BCUT2D eigenvalue weighted by Crippen LogP contribution is 2.37. The Kier molecular flexibility index (Phi) is 3.45. The molecule has 2 N–H and O–H groups in total. The molecular weight excluding hydrogens is 290 g/mol. The molecule has 2 aromatic heterocycles. The Morgan fingerprint density at radius 2 is 2.05 bits per heavy atom. The highest BCUT2D eigenvalue weighted by Gasteiger charge is 2.11. The van der Waals surface area contributed by atoms with E-state index in [0.717, 1.165) is 31.0 Å². The van der Waals surface area contributed by atoms with Crippen LogP contribution in [0.5, 0.6) is 0 Å². The lowest BCUT2D eigenvalue weighted by molar-refractivity contribution is 0.973. The number of nitrogens with zero attached hydrogens (tertiary/aromatic N) is 4. The zero-order valence-electron chi connectivity index (χ0n) is 11.1. The molecule has 0 unspecified atom stereocenters. The summed E-state index contributed by atoms with van der Waals surface area (Å²) in [7, 11) is 3.91. The van der Waals surface area contributed by atoms with Gasteiger partial charge in [0, 0.05) is 36.3 Å². The van der Waals surface area contributed by atoms with E-state index in [-0.39, 0.29) is 0 Å². The number of rotatable bonds is 3. The van der Waals surface area contributed by atoms with Gasteiger partial charge in [0.1, 0.15) is 0 Å². The molecule has 102 valence electrons. The van der Waals surface area contributed by atoms with Crippen LogP contribution in [0.3, 0.4) is 0 Å². The molecule has 5 nitrogen and oxygen atoms in total. The van der Waals surface area contributed by atoms with Gasteiger partial charge in [0.15, 0.2) is 4.34 Å². The highest BCUT2D eigenvalue weighted by atomic mass is 32.2. The van der Waals surface area contributed by atoms with Gasteiger partial charge in [-0.05, 0) is 24.3 Å². The van der Waals surface area contributed by atoms with E-state index < -0.39 is 0 Å². The number of nitrogens with two attached hydrogens (primary N) is 1. The maximum Gasteiger partial charge on any atom is 0.208 e. The summed E-state index contributed by atoms with van der Waals surface area (Å²) in [6.45, 7) is 0. The largest absolute Gasteiger partial charge is 0.398 e. The van der Waals surface area contributed by atoms with Gasteiger partial charge in [0.25, 0.3) is 0 Å². The van der Waals surface area contributed by atoms with Gasteiger partial charge in [0.2, 0.25) is 5.13 Å². The Balaban J connectivity index is 2.00. The minimum atomic E-state index is 0.740. The Morgan fingerprint density at radius 3 is 2.80 bits per heavy atom. The fraction of sp³-hybridized carbons (Fsp3) is 0.154. The molecule has 0 atom stereocenters. The number of aromatic nitrogens is 3. The smallest absolute Gasteiger partial charge is 0.208 e. The van der Waals surface area contributed by atoms with Gasteiger partial charge in [-0.25, -0.2) is 0 Å². The van der Waals surface area contributed by atoms with E-state index in [0.29, 0.717) is 0 Å². The minimum absolute atomic E-state index is 0.740. The van der Waals surface area contributed by atoms with Crippen LogP contribution in [0.15, 0.2) is 39.7 Å². The summed E-state index contributed by atoms with van der Waals surface area (Å²) in [6, 6.07) is 7.75. The van der Waals surface area contributed by atoms with E-state index in [4.69, 9.17) is 5.73 Å². The molecule has 0 aliphatic rings. The number of pyridine rings is 1. The Labute approximate surface area is 124 Å². The van der Waals surface area contributed by atoms with Gasteiger partial charge >= 0.3 is 0 Å². The Hall–Kier alpha value is -1.86. The summed E-state index contributed by atoms with van der Waals surface area (Å²) in [5, 5.41) is 10.2. The number of benzene rings is 1. The summed E-state index contributed by atoms with van der Waals surface area (Å²) < 4.78 is 0.894. The van der Waals surface area contributed by atoms with E-state index in [9.17, 15) is 0 Å². The first-order valence-electron chi connectivity index (χ1n) is 5.97. The Bertz CT molecular complexity index is 753. The second-order valence-corrected chi connectivity index (χ2v) is 6.64. The summed E-state index contributed by atoms with van der Waals surface area (Å²) in [4.78, 5) is 7.41. The first-order chi connectivity index (χ1) is 9.65. The zero-order valence-corrected chi connectivity index (χ0v) is 12.7. The van der Waals surface area contributed by atoms with Crippen LogP contribution in [0.1, 0.15) is 0 Å². The van der Waals surface area contributed by atoms with Gasteiger partial charge in [-0.1, -0.05) is 23.1 Å². The molecule has 0 saturated carbocycles. The van der Waals surface area contributed by atoms with Crippen molar-refractivity contribution in [2.24, 2.45) is 0 Å². The zero-order chi connectivity index (χ0) is 14.1. The molecule has 0 radical (unpaired) electrons. The van der Waals surface area contributed by atoms with Crippen molar-refractivity contribution in [3.8, 4) is 0 Å². The van der Waals surface area contributed by atoms with Crippen molar-refractivity contribution in [1.82, 2.24) is 15.2 Å². The van der Waals surface area contributed by atoms with Crippen molar-refractivity contribution >= 4 is 44.8 Å². The van der Waals surface area contributed by atoms with Crippen LogP contribution in [0.2, 0.25) is 0 Å². The lowest BCUT2D eigenvalue weighted by Gasteiger charge is -2.06. The third-order valence-corrected chi connectivity index (χ3v) is 4.93. The molecule has 3 rings (SSSR count). The molecule has 0 fully saturated rings. The van der Waals surface area contributed by atoms with Crippen molar-refractivity contribution in [2.75, 3.05) is 24.7 Å². The summed E-state index contributed by atoms with van der Waals surface area (Å²) in [6.07, 6.45) is 1.77. The predicted octanol–water partition coefficient (Wildman–Crippen LogP) is 2.89. The van der Waals surface area contributed by atoms with Gasteiger partial charge in [-0.3, -0.25) is 4.98 Å². The average molecular weight is 303 g/mol. The molecule has 0 bridgehead atoms. The van der Waals surface area contributed by atoms with Gasteiger partial charge < -0.3 is 10.6 Å². The highest BCUT2D eigenvalue weighted by molar-refractivity contribution is 8.01. The van der Waals surface area contributed by atoms with Crippen LogP contribution in [0, 0.1) is 0 Å². The average Bonchev–Trinajstić information content (AvgIpc) is 2.91. The van der Waals surface area contributed by atoms with Crippen LogP contribution in [0.4, 0.5) is 10.8 Å². The molecule has 20 heavy (non-hydrogen) atoms. The first-order valence-corrected chi connectivity index (χ1v) is 7.60. The second-order valence-electron chi connectivity index (χ2n) is 4.40. The Morgan fingerprint density at radius 1 is 1.20 bits per heavy atom. The van der Waals surface area contributed by atoms with Gasteiger partial charge in [-0.15, -0.1) is 10.2 Å². The van der Waals surface area contributed by atoms with Crippen LogP contribution in [0.25, 0.3) is 10.9 Å². The fourth-order valence-corrected chi connectivity index (χ4v) is 3.60. The van der Waals surface area contributed by atoms with Crippen LogP contribution >= 0.6 is 23.1 Å². The monoisotopic (exact) mass is 303 g/mol. The van der Waals surface area contributed by atoms with Crippen LogP contribution < -0.4 is 10.6 Å². The molecule has 0 aliphatic carbocycles. The third-order valence-electron chi connectivity index (χ3n) is 2.74. The molecule has 7 heteroatoms. The van der Waals surface area contributed by atoms with E-state index >= 15 is 0 Å². The van der Waals surface area contributed by atoms with Crippen molar-refractivity contribution < 1.29 is 0 Å². The van der Waals surface area contributed by atoms with E-state index in [1.807, 2.05) is 43.3 Å². The number of anilines is 2. The molecule has 2 heterocycles. The normalized spacial score (nSPS) is 10.9. The number of fused-ring (bicyclic) bond motifs is 1. The number of nitrogen functional groups attached to an aromatic ring is 1. The molecule has 0 saturated heterocycles. The molecule has 1 aromatic carbocycles. The van der Waals surface area contributed by atoms with Gasteiger partial charge in [0.05, 0.1) is 5.52 Å². The maximum absolute atomic E-state index is 5.98. The van der Waals surface area contributed by atoms with E-state index in [2.05, 4.69) is 15.2 Å². The topological polar surface area (TPSA) is 67.9 Å². The van der Waals surface area contributed by atoms with Crippen molar-refractivity contribution in [3.63, 3.8) is 0 Å². The van der Waals surface area contributed by atoms with E-state index in [1.165, 1.54) is 0 Å². The van der Waals surface area contributed by atoms with Crippen molar-refractivity contribution in [3.05, 3.63) is 30.5 Å². The minimum Gasteiger partial charge on any atom is -0.398 e. The third kappa shape index (κ3) is 2.41. The molecular formula is C13H13N5S2. The summed E-state index contributed by atoms with van der Waals surface area (Å²) >= 11 is 3.12. The number of hydrogen-bond acceptors (Lipinski definition) is 7. The second kappa shape index (κ2) is 5.26. The molecule has 3 aromatic rings. The lowest BCUT2D eigenvalue weighted by atomic mass is 10.2. The van der Waals surface area contributed by atoms with E-state index in [1.54, 1.807) is 29.3 Å². The van der Waals surface area contributed by atoms with Crippen LogP contribution in [-0.2, 0) is 0 Å². The van der Waals surface area contributed by atoms with Gasteiger partial charge in [-0.2, -0.15) is 0 Å². The fourth-order valence-electron chi connectivity index (χ4n) is 1.77. The summed E-state index contributed by atoms with van der Waals surface area (Å²) in [5.41, 5.74) is 7.62. The summed E-state index contributed by atoms with van der Waals surface area (Å²) in [5.74, 6) is 0. The van der Waals surface area contributed by atoms with Crippen molar-refractivity contribution in [1.29, 1.82) is 0 Å². The predicted molar refractivity (Wildman–Crippen MR) is 84.5 cm³/mol. The molecule has 0 amide bonds. The van der Waals surface area contributed by atoms with Crippen molar-refractivity contribution in [2.45, 2.75) is 9.24 Å². The quantitative estimate of drug-likeness (QED) is 0.750. The standard InChI is InChI=1S/C13H13N5S2/c1-18(2)12-16-17-13(20-12)19-10-6-5-9(14)8-4-3-7-15-11(8)10/h3-7H,14H2,1-2H3. The first kappa shape index (κ1) is 13.1. The number of hydrogen-bond donors (Lipinski definition) is 1. The molecule has 0 spiro atoms. The lowest BCUT2D eigenvalue weighted by Crippen LogP contribution is -2.07. The van der Waals surface area contributed by atoms with Crippen LogP contribution in [-0.4, -0.2) is 29.3 Å². The maximum atomic E-state index is 5.98. The molecule has 0 aliphatic heterocycles. The SMILES string of the molecule is CN(C)c1nnc(Sc2ccc(N)c3cccnc23)s1.